The predicted octanol–water partition coefficient (Wildman–Crippen LogP) is 7.09. The predicted molar refractivity (Wildman–Crippen MR) is 133 cm³/mol. The van der Waals surface area contributed by atoms with Gasteiger partial charge >= 0.3 is 5.97 Å². The van der Waals surface area contributed by atoms with Crippen LogP contribution in [0.2, 0.25) is 0 Å². The third kappa shape index (κ3) is 2.75. The van der Waals surface area contributed by atoms with Crippen LogP contribution < -0.4 is 0 Å². The molecule has 5 aliphatic carbocycles. The van der Waals surface area contributed by atoms with Gasteiger partial charge in [-0.25, -0.2) is 0 Å². The van der Waals surface area contributed by atoms with Gasteiger partial charge in [0.2, 0.25) is 0 Å². The Morgan fingerprint density at radius 3 is 2.15 bits per heavy atom. The third-order valence-corrected chi connectivity index (χ3v) is 13.5. The van der Waals surface area contributed by atoms with Crippen LogP contribution in [0.1, 0.15) is 106 Å². The fraction of sp³-hybridized carbons (Fsp3) is 0.900. The maximum atomic E-state index is 12.8. The van der Waals surface area contributed by atoms with Gasteiger partial charge in [-0.3, -0.25) is 4.79 Å². The van der Waals surface area contributed by atoms with Gasteiger partial charge in [-0.15, -0.1) is 0 Å². The smallest absolute Gasteiger partial charge is 0.309 e. The summed E-state index contributed by atoms with van der Waals surface area (Å²) in [5.41, 5.74) is 1.35. The molecule has 0 aromatic heterocycles. The van der Waals surface area contributed by atoms with Crippen molar-refractivity contribution in [2.24, 2.45) is 56.7 Å². The zero-order chi connectivity index (χ0) is 24.2. The van der Waals surface area contributed by atoms with E-state index >= 15 is 0 Å². The molecule has 33 heavy (non-hydrogen) atoms. The minimum absolute atomic E-state index is 0.0202. The van der Waals surface area contributed by atoms with E-state index in [1.54, 1.807) is 0 Å². The van der Waals surface area contributed by atoms with E-state index < -0.39 is 11.4 Å². The van der Waals surface area contributed by atoms with E-state index in [9.17, 15) is 15.0 Å². The fourth-order valence-electron chi connectivity index (χ4n) is 11.5. The Morgan fingerprint density at radius 1 is 0.818 bits per heavy atom. The van der Waals surface area contributed by atoms with Crippen LogP contribution in [0.3, 0.4) is 0 Å². The Labute approximate surface area is 201 Å². The van der Waals surface area contributed by atoms with Gasteiger partial charge < -0.3 is 10.2 Å². The average Bonchev–Trinajstić information content (AvgIpc) is 3.13. The van der Waals surface area contributed by atoms with E-state index in [1.807, 2.05) is 0 Å². The highest BCUT2D eigenvalue weighted by Crippen LogP contribution is 2.77. The van der Waals surface area contributed by atoms with Gasteiger partial charge in [0, 0.05) is 0 Å². The molecular weight excluding hydrogens is 408 g/mol. The van der Waals surface area contributed by atoms with Crippen molar-refractivity contribution in [1.82, 2.24) is 0 Å². The molecule has 0 amide bonds. The second-order valence-corrected chi connectivity index (χ2v) is 14.5. The zero-order valence-electron chi connectivity index (χ0n) is 22.0. The number of carboxylic acid groups (broad SMARTS) is 1. The van der Waals surface area contributed by atoms with Crippen LogP contribution in [0.15, 0.2) is 12.2 Å². The molecule has 0 spiro atoms. The third-order valence-electron chi connectivity index (χ3n) is 13.5. The van der Waals surface area contributed by atoms with Gasteiger partial charge in [0.15, 0.2) is 0 Å². The van der Waals surface area contributed by atoms with Gasteiger partial charge in [0.05, 0.1) is 11.5 Å². The van der Waals surface area contributed by atoms with Crippen molar-refractivity contribution >= 4 is 5.97 Å². The number of aliphatic carboxylic acids is 1. The summed E-state index contributed by atoms with van der Waals surface area (Å²) in [5, 5.41) is 21.4. The van der Waals surface area contributed by atoms with Crippen molar-refractivity contribution in [3.05, 3.63) is 12.2 Å². The van der Waals surface area contributed by atoms with Crippen molar-refractivity contribution in [3.63, 3.8) is 0 Å². The second kappa shape index (κ2) is 7.11. The summed E-state index contributed by atoms with van der Waals surface area (Å²) in [6.07, 6.45) is 10.5. The van der Waals surface area contributed by atoms with Crippen LogP contribution in [-0.4, -0.2) is 22.3 Å². The number of rotatable bonds is 2. The van der Waals surface area contributed by atoms with Crippen molar-refractivity contribution < 1.29 is 15.0 Å². The molecule has 0 aromatic rings. The normalized spacial score (nSPS) is 55.0. The van der Waals surface area contributed by atoms with Crippen molar-refractivity contribution in [2.75, 3.05) is 0 Å². The Balaban J connectivity index is 1.57. The molecule has 5 rings (SSSR count). The Hall–Kier alpha value is -0.830. The van der Waals surface area contributed by atoms with E-state index in [2.05, 4.69) is 48.1 Å². The lowest BCUT2D eigenvalue weighted by molar-refractivity contribution is -0.248. The standard InChI is InChI=1S/C30H48O3/c1-18(2)19-10-15-30(25(32)33)17-16-28(6)20(24(19)30)8-9-22-27(5)13-12-23(31)26(3,4)21(27)11-14-29(22,28)7/h19-24,31H,1,8-17H2,2-7H3,(H,32,33)/t19-,20+,21-,22?,23-,24+,27-,28+,29+,30?/m0/s1. The van der Waals surface area contributed by atoms with Crippen molar-refractivity contribution in [1.29, 1.82) is 0 Å². The number of fused-ring (bicyclic) bond motifs is 7. The van der Waals surface area contributed by atoms with Crippen molar-refractivity contribution in [3.8, 4) is 0 Å². The molecule has 0 radical (unpaired) electrons. The van der Waals surface area contributed by atoms with Crippen LogP contribution in [0.25, 0.3) is 0 Å². The second-order valence-electron chi connectivity index (χ2n) is 14.5. The first-order valence-corrected chi connectivity index (χ1v) is 13.8. The van der Waals surface area contributed by atoms with Crippen LogP contribution >= 0.6 is 0 Å². The highest BCUT2D eigenvalue weighted by atomic mass is 16.4. The van der Waals surface area contributed by atoms with Gasteiger partial charge in [-0.1, -0.05) is 46.8 Å². The van der Waals surface area contributed by atoms with E-state index in [4.69, 9.17) is 0 Å². The monoisotopic (exact) mass is 456 g/mol. The van der Waals surface area contributed by atoms with Crippen LogP contribution in [-0.2, 0) is 4.79 Å². The fourth-order valence-corrected chi connectivity index (χ4v) is 11.5. The summed E-state index contributed by atoms with van der Waals surface area (Å²) >= 11 is 0. The Morgan fingerprint density at radius 2 is 1.52 bits per heavy atom. The van der Waals surface area contributed by atoms with Crippen LogP contribution in [0.4, 0.5) is 0 Å². The van der Waals surface area contributed by atoms with Gasteiger partial charge in [-0.05, 0) is 122 Å². The summed E-state index contributed by atoms with van der Waals surface area (Å²) in [7, 11) is 0. The molecule has 5 fully saturated rings. The van der Waals surface area contributed by atoms with Gasteiger partial charge in [0.25, 0.3) is 0 Å². The largest absolute Gasteiger partial charge is 0.481 e. The lowest BCUT2D eigenvalue weighted by atomic mass is 9.32. The molecule has 3 nitrogen and oxygen atoms in total. The Kier molecular flexibility index (Phi) is 5.15. The molecular formula is C30H48O3. The molecule has 0 aromatic carbocycles. The minimum atomic E-state index is -0.538. The highest BCUT2D eigenvalue weighted by molar-refractivity contribution is 5.76. The number of hydrogen-bond acceptors (Lipinski definition) is 2. The number of allylic oxidation sites excluding steroid dienone is 1. The molecule has 5 saturated carbocycles. The molecule has 10 atom stereocenters. The van der Waals surface area contributed by atoms with Crippen LogP contribution in [0.5, 0.6) is 0 Å². The average molecular weight is 457 g/mol. The molecule has 0 saturated heterocycles. The summed E-state index contributed by atoms with van der Waals surface area (Å²) in [4.78, 5) is 12.8. The maximum Gasteiger partial charge on any atom is 0.309 e. The number of hydrogen-bond donors (Lipinski definition) is 2. The summed E-state index contributed by atoms with van der Waals surface area (Å²) < 4.78 is 0. The SMILES string of the molecule is C=C(C)[C@@H]1CCC2(C(=O)O)CC[C@]3(C)[C@H](CCC4[C@@]5(C)CC[C@H](O)C(C)(C)[C@@H]5CC[C@]43C)[C@@H]12. The highest BCUT2D eigenvalue weighted by Gasteiger charge is 2.71. The zero-order valence-corrected chi connectivity index (χ0v) is 22.0. The van der Waals surface area contributed by atoms with Gasteiger partial charge in [0.1, 0.15) is 0 Å². The first-order chi connectivity index (χ1) is 15.3. The summed E-state index contributed by atoms with van der Waals surface area (Å²) in [5.74, 6) is 1.79. The lowest BCUT2D eigenvalue weighted by Gasteiger charge is -2.72. The summed E-state index contributed by atoms with van der Waals surface area (Å²) in [6.45, 7) is 18.8. The lowest BCUT2D eigenvalue weighted by Crippen LogP contribution is -2.67. The van der Waals surface area contributed by atoms with Gasteiger partial charge in [-0.2, -0.15) is 0 Å². The van der Waals surface area contributed by atoms with Crippen LogP contribution in [0, 0.1) is 56.7 Å². The van der Waals surface area contributed by atoms with E-state index in [0.717, 1.165) is 38.5 Å². The molecule has 2 N–H and O–H groups in total. The minimum Gasteiger partial charge on any atom is -0.481 e. The van der Waals surface area contributed by atoms with E-state index in [1.165, 1.54) is 31.3 Å². The molecule has 186 valence electrons. The quantitative estimate of drug-likeness (QED) is 0.436. The molecule has 0 bridgehead atoms. The van der Waals surface area contributed by atoms with E-state index in [-0.39, 0.29) is 33.7 Å². The molecule has 3 heteroatoms. The summed E-state index contributed by atoms with van der Waals surface area (Å²) in [6, 6.07) is 0. The number of aliphatic hydroxyl groups is 1. The first kappa shape index (κ1) is 23.9. The number of carboxylic acids is 1. The topological polar surface area (TPSA) is 57.5 Å². The molecule has 5 aliphatic rings. The molecule has 0 heterocycles. The van der Waals surface area contributed by atoms with Crippen molar-refractivity contribution in [2.45, 2.75) is 112 Å². The molecule has 0 aliphatic heterocycles. The number of carbonyl (C=O) groups is 1. The first-order valence-electron chi connectivity index (χ1n) is 13.8. The number of aliphatic hydroxyl groups excluding tert-OH is 1. The van der Waals surface area contributed by atoms with E-state index in [0.29, 0.717) is 23.7 Å². The maximum absolute atomic E-state index is 12.8. The Bertz CT molecular complexity index is 861. The molecule has 2 unspecified atom stereocenters.